The normalized spacial score (nSPS) is 10.4. The summed E-state index contributed by atoms with van der Waals surface area (Å²) in [5, 5.41) is 14.9. The first-order chi connectivity index (χ1) is 10.3. The fourth-order valence-corrected chi connectivity index (χ4v) is 2.85. The molecular formula is C16H13N3OS. The van der Waals surface area contributed by atoms with Crippen LogP contribution in [0.3, 0.4) is 0 Å². The Kier molecular flexibility index (Phi) is 3.71. The maximum Gasteiger partial charge on any atom is 0.240 e. The van der Waals surface area contributed by atoms with Gasteiger partial charge in [-0.15, -0.1) is 11.3 Å². The van der Waals surface area contributed by atoms with Gasteiger partial charge in [0.25, 0.3) is 0 Å². The van der Waals surface area contributed by atoms with Crippen LogP contribution in [0.25, 0.3) is 10.9 Å². The minimum atomic E-state index is -0.0386. The number of nitrogens with zero attached hydrogens (tertiary/aromatic N) is 2. The fourth-order valence-electron chi connectivity index (χ4n) is 2.20. The molecule has 3 rings (SSSR count). The predicted molar refractivity (Wildman–Crippen MR) is 82.8 cm³/mol. The van der Waals surface area contributed by atoms with Crippen LogP contribution in [0.4, 0.5) is 0 Å². The van der Waals surface area contributed by atoms with Gasteiger partial charge in [0, 0.05) is 16.6 Å². The standard InChI is InChI=1S/C16H13N3OS/c17-9-12-3-4-13-5-6-19(15(13)8-12)11-16(20)18-10-14-2-1-7-21-14/h1-8H,10-11H2,(H,18,20). The van der Waals surface area contributed by atoms with Gasteiger partial charge in [-0.05, 0) is 35.0 Å². The van der Waals surface area contributed by atoms with Crippen molar-refractivity contribution in [3.8, 4) is 6.07 Å². The highest BCUT2D eigenvalue weighted by atomic mass is 32.1. The molecule has 0 saturated heterocycles. The van der Waals surface area contributed by atoms with Crippen LogP contribution in [0.5, 0.6) is 0 Å². The van der Waals surface area contributed by atoms with Gasteiger partial charge >= 0.3 is 0 Å². The Bertz CT molecular complexity index is 812. The molecule has 0 aliphatic heterocycles. The minimum Gasteiger partial charge on any atom is -0.350 e. The van der Waals surface area contributed by atoms with E-state index in [2.05, 4.69) is 11.4 Å². The van der Waals surface area contributed by atoms with Gasteiger partial charge in [0.05, 0.1) is 18.2 Å². The second-order valence-corrected chi connectivity index (χ2v) is 5.72. The third kappa shape index (κ3) is 2.96. The number of carbonyl (C=O) groups is 1. The van der Waals surface area contributed by atoms with Crippen LogP contribution in [0.1, 0.15) is 10.4 Å². The lowest BCUT2D eigenvalue weighted by molar-refractivity contribution is -0.121. The largest absolute Gasteiger partial charge is 0.350 e. The molecule has 1 N–H and O–H groups in total. The number of nitriles is 1. The molecule has 1 amide bonds. The van der Waals surface area contributed by atoms with Crippen LogP contribution in [-0.4, -0.2) is 10.5 Å². The lowest BCUT2D eigenvalue weighted by Crippen LogP contribution is -2.26. The molecule has 21 heavy (non-hydrogen) atoms. The van der Waals surface area contributed by atoms with E-state index in [-0.39, 0.29) is 12.5 Å². The van der Waals surface area contributed by atoms with Crippen LogP contribution in [-0.2, 0) is 17.9 Å². The molecule has 4 nitrogen and oxygen atoms in total. The van der Waals surface area contributed by atoms with Crippen LogP contribution < -0.4 is 5.32 Å². The Balaban J connectivity index is 1.72. The zero-order valence-corrected chi connectivity index (χ0v) is 12.1. The SMILES string of the molecule is N#Cc1ccc2ccn(CC(=O)NCc3cccs3)c2c1. The van der Waals surface area contributed by atoms with E-state index in [0.717, 1.165) is 15.8 Å². The van der Waals surface area contributed by atoms with Crippen molar-refractivity contribution in [2.75, 3.05) is 0 Å². The van der Waals surface area contributed by atoms with Crippen molar-refractivity contribution in [2.24, 2.45) is 0 Å². The quantitative estimate of drug-likeness (QED) is 0.804. The van der Waals surface area contributed by atoms with Crippen LogP contribution in [0, 0.1) is 11.3 Å². The van der Waals surface area contributed by atoms with Gasteiger partial charge in [-0.1, -0.05) is 12.1 Å². The lowest BCUT2D eigenvalue weighted by Gasteiger charge is -2.06. The first-order valence-electron chi connectivity index (χ1n) is 6.54. The van der Waals surface area contributed by atoms with Gasteiger partial charge < -0.3 is 9.88 Å². The summed E-state index contributed by atoms with van der Waals surface area (Å²) in [5.74, 6) is -0.0386. The van der Waals surface area contributed by atoms with Gasteiger partial charge in [-0.2, -0.15) is 5.26 Å². The van der Waals surface area contributed by atoms with Crippen molar-refractivity contribution in [3.05, 3.63) is 58.4 Å². The van der Waals surface area contributed by atoms with Crippen molar-refractivity contribution in [2.45, 2.75) is 13.1 Å². The fraction of sp³-hybridized carbons (Fsp3) is 0.125. The van der Waals surface area contributed by atoms with Gasteiger partial charge in [-0.25, -0.2) is 0 Å². The van der Waals surface area contributed by atoms with E-state index < -0.39 is 0 Å². The van der Waals surface area contributed by atoms with E-state index in [9.17, 15) is 4.79 Å². The number of hydrogen-bond acceptors (Lipinski definition) is 3. The number of rotatable bonds is 4. The monoisotopic (exact) mass is 295 g/mol. The summed E-state index contributed by atoms with van der Waals surface area (Å²) in [5.41, 5.74) is 1.50. The Labute approximate surface area is 126 Å². The van der Waals surface area contributed by atoms with E-state index in [0.29, 0.717) is 12.1 Å². The molecule has 0 unspecified atom stereocenters. The summed E-state index contributed by atoms with van der Waals surface area (Å²) in [6.45, 7) is 0.808. The first kappa shape index (κ1) is 13.4. The number of aromatic nitrogens is 1. The molecule has 0 fully saturated rings. The summed E-state index contributed by atoms with van der Waals surface area (Å²) in [7, 11) is 0. The van der Waals surface area contributed by atoms with Crippen molar-refractivity contribution in [1.29, 1.82) is 5.26 Å². The number of benzene rings is 1. The highest BCUT2D eigenvalue weighted by molar-refractivity contribution is 7.09. The first-order valence-corrected chi connectivity index (χ1v) is 7.42. The minimum absolute atomic E-state index is 0.0386. The molecule has 1 aromatic carbocycles. The molecule has 2 aromatic heterocycles. The number of nitrogens with one attached hydrogen (secondary N) is 1. The van der Waals surface area contributed by atoms with Gasteiger partial charge in [0.15, 0.2) is 0 Å². The number of fused-ring (bicyclic) bond motifs is 1. The number of carbonyl (C=O) groups excluding carboxylic acids is 1. The second-order valence-electron chi connectivity index (χ2n) is 4.69. The molecule has 0 radical (unpaired) electrons. The Morgan fingerprint density at radius 1 is 1.33 bits per heavy atom. The summed E-state index contributed by atoms with van der Waals surface area (Å²) in [6.07, 6.45) is 1.87. The highest BCUT2D eigenvalue weighted by Gasteiger charge is 2.07. The summed E-state index contributed by atoms with van der Waals surface area (Å²) in [6, 6.07) is 13.5. The van der Waals surface area contributed by atoms with Crippen LogP contribution in [0.2, 0.25) is 0 Å². The van der Waals surface area contributed by atoms with Crippen molar-refractivity contribution in [1.82, 2.24) is 9.88 Å². The Hall–Kier alpha value is -2.58. The van der Waals surface area contributed by atoms with Crippen molar-refractivity contribution >= 4 is 28.1 Å². The van der Waals surface area contributed by atoms with E-state index in [1.165, 1.54) is 0 Å². The zero-order chi connectivity index (χ0) is 14.7. The zero-order valence-electron chi connectivity index (χ0n) is 11.2. The maximum atomic E-state index is 12.0. The summed E-state index contributed by atoms with van der Waals surface area (Å²) < 4.78 is 1.86. The molecule has 0 aliphatic carbocycles. The molecule has 0 aliphatic rings. The van der Waals surface area contributed by atoms with Gasteiger partial charge in [0.1, 0.15) is 6.54 Å². The van der Waals surface area contributed by atoms with Crippen molar-refractivity contribution < 1.29 is 4.79 Å². The van der Waals surface area contributed by atoms with Crippen molar-refractivity contribution in [3.63, 3.8) is 0 Å². The van der Waals surface area contributed by atoms with Crippen LogP contribution >= 0.6 is 11.3 Å². The average Bonchev–Trinajstić information content (AvgIpc) is 3.15. The molecule has 2 heterocycles. The molecule has 104 valence electrons. The second kappa shape index (κ2) is 5.81. The maximum absolute atomic E-state index is 12.0. The van der Waals surface area contributed by atoms with E-state index in [4.69, 9.17) is 5.26 Å². The molecule has 0 atom stereocenters. The third-order valence-corrected chi connectivity index (χ3v) is 4.13. The smallest absolute Gasteiger partial charge is 0.240 e. The van der Waals surface area contributed by atoms with Gasteiger partial charge in [0.2, 0.25) is 5.91 Å². The molecule has 0 bridgehead atoms. The number of thiophene rings is 1. The molecule has 5 heteroatoms. The average molecular weight is 295 g/mol. The molecule has 0 saturated carbocycles. The summed E-state index contributed by atoms with van der Waals surface area (Å²) >= 11 is 1.62. The Morgan fingerprint density at radius 2 is 2.24 bits per heavy atom. The van der Waals surface area contributed by atoms with Gasteiger partial charge in [-0.3, -0.25) is 4.79 Å². The predicted octanol–water partition coefficient (Wildman–Crippen LogP) is 2.89. The molecule has 3 aromatic rings. The molecule has 0 spiro atoms. The number of hydrogen-bond donors (Lipinski definition) is 1. The van der Waals surface area contributed by atoms with E-state index in [1.807, 2.05) is 46.5 Å². The number of amides is 1. The highest BCUT2D eigenvalue weighted by Crippen LogP contribution is 2.17. The summed E-state index contributed by atoms with van der Waals surface area (Å²) in [4.78, 5) is 13.1. The Morgan fingerprint density at radius 3 is 3.00 bits per heavy atom. The van der Waals surface area contributed by atoms with E-state index in [1.54, 1.807) is 17.4 Å². The lowest BCUT2D eigenvalue weighted by atomic mass is 10.2. The van der Waals surface area contributed by atoms with E-state index >= 15 is 0 Å². The van der Waals surface area contributed by atoms with Crippen LogP contribution in [0.15, 0.2) is 48.0 Å². The molecular weight excluding hydrogens is 282 g/mol. The third-order valence-electron chi connectivity index (χ3n) is 3.26. The topological polar surface area (TPSA) is 57.8 Å².